The number of terminal acetylenes is 1. The first-order valence-corrected chi connectivity index (χ1v) is 4.01. The van der Waals surface area contributed by atoms with Crippen LogP contribution in [0.25, 0.3) is 0 Å². The third-order valence-corrected chi connectivity index (χ3v) is 2.15. The highest BCUT2D eigenvalue weighted by atomic mass is 16.3. The Hall–Kier alpha value is -0.520. The van der Waals surface area contributed by atoms with Gasteiger partial charge in [0.2, 0.25) is 0 Å². The van der Waals surface area contributed by atoms with E-state index >= 15 is 0 Å². The average molecular weight is 153 g/mol. The summed E-state index contributed by atoms with van der Waals surface area (Å²) in [5.41, 5.74) is -0.330. The van der Waals surface area contributed by atoms with Gasteiger partial charge in [0, 0.05) is 6.54 Å². The van der Waals surface area contributed by atoms with E-state index in [0.29, 0.717) is 6.54 Å². The van der Waals surface area contributed by atoms with Gasteiger partial charge in [0.25, 0.3) is 0 Å². The summed E-state index contributed by atoms with van der Waals surface area (Å²) in [6.45, 7) is 1.58. The van der Waals surface area contributed by atoms with Crippen molar-refractivity contribution in [3.8, 4) is 12.3 Å². The van der Waals surface area contributed by atoms with Crippen molar-refractivity contribution in [1.82, 2.24) is 4.90 Å². The summed E-state index contributed by atoms with van der Waals surface area (Å²) in [5, 5.41) is 9.47. The topological polar surface area (TPSA) is 23.5 Å². The van der Waals surface area contributed by atoms with Crippen molar-refractivity contribution < 1.29 is 5.11 Å². The van der Waals surface area contributed by atoms with Gasteiger partial charge in [-0.2, -0.15) is 0 Å². The Morgan fingerprint density at radius 3 is 2.73 bits per heavy atom. The second-order valence-electron chi connectivity index (χ2n) is 3.42. The number of rotatable bonds is 4. The molecule has 0 atom stereocenters. The van der Waals surface area contributed by atoms with Crippen LogP contribution in [0.4, 0.5) is 0 Å². The van der Waals surface area contributed by atoms with E-state index in [9.17, 15) is 5.11 Å². The van der Waals surface area contributed by atoms with Crippen molar-refractivity contribution in [2.45, 2.75) is 24.9 Å². The number of hydrogen-bond donors (Lipinski definition) is 1. The fraction of sp³-hybridized carbons (Fsp3) is 0.778. The Balaban J connectivity index is 2.07. The van der Waals surface area contributed by atoms with Crippen LogP contribution in [0.1, 0.15) is 19.3 Å². The maximum Gasteiger partial charge on any atom is 0.0662 e. The van der Waals surface area contributed by atoms with E-state index in [1.165, 1.54) is 0 Å². The molecule has 11 heavy (non-hydrogen) atoms. The van der Waals surface area contributed by atoms with Crippen molar-refractivity contribution in [3.05, 3.63) is 0 Å². The Morgan fingerprint density at radius 1 is 1.64 bits per heavy atom. The molecule has 1 aliphatic carbocycles. The lowest BCUT2D eigenvalue weighted by molar-refractivity contribution is 0.127. The molecule has 0 aromatic rings. The van der Waals surface area contributed by atoms with Crippen LogP contribution in [0.3, 0.4) is 0 Å². The summed E-state index contributed by atoms with van der Waals surface area (Å²) >= 11 is 0. The van der Waals surface area contributed by atoms with Crippen LogP contribution in [-0.2, 0) is 0 Å². The Labute approximate surface area is 68.2 Å². The van der Waals surface area contributed by atoms with Gasteiger partial charge in [-0.1, -0.05) is 5.92 Å². The maximum absolute atomic E-state index is 9.47. The van der Waals surface area contributed by atoms with Gasteiger partial charge in [0.05, 0.1) is 12.1 Å². The van der Waals surface area contributed by atoms with Crippen LogP contribution in [-0.4, -0.2) is 35.7 Å². The SMILES string of the molecule is C#CCN(C)CCC1(O)CC1. The summed E-state index contributed by atoms with van der Waals surface area (Å²) in [6.07, 6.45) is 7.93. The van der Waals surface area contributed by atoms with Gasteiger partial charge in [-0.05, 0) is 26.3 Å². The molecule has 1 aliphatic rings. The van der Waals surface area contributed by atoms with Gasteiger partial charge in [0.1, 0.15) is 0 Å². The monoisotopic (exact) mass is 153 g/mol. The molecule has 0 heterocycles. The van der Waals surface area contributed by atoms with Crippen LogP contribution in [0.15, 0.2) is 0 Å². The molecule has 62 valence electrons. The Morgan fingerprint density at radius 2 is 2.27 bits per heavy atom. The van der Waals surface area contributed by atoms with Crippen molar-refractivity contribution >= 4 is 0 Å². The highest BCUT2D eigenvalue weighted by Crippen LogP contribution is 2.38. The predicted molar refractivity (Wildman–Crippen MR) is 45.1 cm³/mol. The summed E-state index contributed by atoms with van der Waals surface area (Å²) in [5.74, 6) is 2.57. The predicted octanol–water partition coefficient (Wildman–Crippen LogP) is 0.466. The second-order valence-corrected chi connectivity index (χ2v) is 3.42. The van der Waals surface area contributed by atoms with Crippen molar-refractivity contribution in [2.75, 3.05) is 20.1 Å². The summed E-state index contributed by atoms with van der Waals surface area (Å²) in [6, 6.07) is 0. The summed E-state index contributed by atoms with van der Waals surface area (Å²) in [4.78, 5) is 2.05. The lowest BCUT2D eigenvalue weighted by atomic mass is 10.2. The number of nitrogens with zero attached hydrogens (tertiary/aromatic N) is 1. The van der Waals surface area contributed by atoms with E-state index in [1.54, 1.807) is 0 Å². The zero-order valence-electron chi connectivity index (χ0n) is 7.01. The van der Waals surface area contributed by atoms with Gasteiger partial charge in [0.15, 0.2) is 0 Å². The second kappa shape index (κ2) is 3.25. The van der Waals surface area contributed by atoms with Gasteiger partial charge in [-0.15, -0.1) is 6.42 Å². The summed E-state index contributed by atoms with van der Waals surface area (Å²) < 4.78 is 0. The van der Waals surface area contributed by atoms with Gasteiger partial charge >= 0.3 is 0 Å². The molecule has 1 saturated carbocycles. The maximum atomic E-state index is 9.47. The van der Waals surface area contributed by atoms with Crippen LogP contribution in [0.2, 0.25) is 0 Å². The fourth-order valence-corrected chi connectivity index (χ4v) is 1.03. The Bertz CT molecular complexity index is 167. The molecule has 2 heteroatoms. The molecule has 1 rings (SSSR count). The minimum absolute atomic E-state index is 0.330. The van der Waals surface area contributed by atoms with E-state index in [4.69, 9.17) is 6.42 Å². The van der Waals surface area contributed by atoms with Crippen LogP contribution >= 0.6 is 0 Å². The van der Waals surface area contributed by atoms with E-state index < -0.39 is 0 Å². The Kier molecular flexibility index (Phi) is 2.53. The normalized spacial score (nSPS) is 19.8. The standard InChI is InChI=1S/C9H15NO/c1-3-7-10(2)8-6-9(11)4-5-9/h1,11H,4-8H2,2H3. The third kappa shape index (κ3) is 2.92. The molecule has 2 nitrogen and oxygen atoms in total. The molecule has 0 unspecified atom stereocenters. The van der Waals surface area contributed by atoms with Gasteiger partial charge < -0.3 is 5.11 Å². The molecule has 0 amide bonds. The van der Waals surface area contributed by atoms with Crippen molar-refractivity contribution in [2.24, 2.45) is 0 Å². The van der Waals surface area contributed by atoms with Gasteiger partial charge in [-0.3, -0.25) is 4.90 Å². The molecule has 0 radical (unpaired) electrons. The molecule has 1 fully saturated rings. The van der Waals surface area contributed by atoms with E-state index in [-0.39, 0.29) is 5.60 Å². The molecule has 1 N–H and O–H groups in total. The van der Waals surface area contributed by atoms with Crippen molar-refractivity contribution in [1.29, 1.82) is 0 Å². The fourth-order valence-electron chi connectivity index (χ4n) is 1.03. The number of hydrogen-bond acceptors (Lipinski definition) is 2. The first kappa shape index (κ1) is 8.58. The molecular formula is C9H15NO. The molecular weight excluding hydrogens is 138 g/mol. The summed E-state index contributed by atoms with van der Waals surface area (Å²) in [7, 11) is 1.98. The smallest absolute Gasteiger partial charge is 0.0662 e. The lowest BCUT2D eigenvalue weighted by Crippen LogP contribution is -2.24. The molecule has 0 saturated heterocycles. The largest absolute Gasteiger partial charge is 0.390 e. The molecule has 0 aliphatic heterocycles. The van der Waals surface area contributed by atoms with Crippen LogP contribution in [0.5, 0.6) is 0 Å². The minimum atomic E-state index is -0.330. The first-order valence-electron chi connectivity index (χ1n) is 4.01. The minimum Gasteiger partial charge on any atom is -0.390 e. The average Bonchev–Trinajstić information content (AvgIpc) is 2.66. The van der Waals surface area contributed by atoms with E-state index in [1.807, 2.05) is 7.05 Å². The highest BCUT2D eigenvalue weighted by Gasteiger charge is 2.39. The third-order valence-electron chi connectivity index (χ3n) is 2.15. The highest BCUT2D eigenvalue weighted by molar-refractivity contribution is 4.94. The van der Waals surface area contributed by atoms with Gasteiger partial charge in [-0.25, -0.2) is 0 Å². The molecule has 0 spiro atoms. The molecule has 0 bridgehead atoms. The molecule has 0 aromatic carbocycles. The zero-order valence-corrected chi connectivity index (χ0v) is 7.01. The number of aliphatic hydroxyl groups is 1. The van der Waals surface area contributed by atoms with Crippen molar-refractivity contribution in [3.63, 3.8) is 0 Å². The molecule has 0 aromatic heterocycles. The van der Waals surface area contributed by atoms with E-state index in [0.717, 1.165) is 25.8 Å². The van der Waals surface area contributed by atoms with Crippen LogP contribution < -0.4 is 0 Å². The van der Waals surface area contributed by atoms with Crippen LogP contribution in [0, 0.1) is 12.3 Å². The lowest BCUT2D eigenvalue weighted by Gasteiger charge is -2.15. The first-order chi connectivity index (χ1) is 5.16. The quantitative estimate of drug-likeness (QED) is 0.593. The zero-order chi connectivity index (χ0) is 8.32. The van der Waals surface area contributed by atoms with E-state index in [2.05, 4.69) is 10.8 Å².